The summed E-state index contributed by atoms with van der Waals surface area (Å²) in [6, 6.07) is -0.271. The molecule has 1 saturated heterocycles. The van der Waals surface area contributed by atoms with Gasteiger partial charge in [0.25, 0.3) is 0 Å². The molecule has 0 aromatic rings. The molecule has 1 rings (SSSR count). The first-order valence-corrected chi connectivity index (χ1v) is 6.27. The predicted octanol–water partition coefficient (Wildman–Crippen LogP) is 2.64. The molecule has 0 aromatic heterocycles. The molecule has 5 nitrogen and oxygen atoms in total. The molecule has 1 aliphatic rings. The van der Waals surface area contributed by atoms with Gasteiger partial charge in [-0.1, -0.05) is 0 Å². The smallest absolute Gasteiger partial charge is 0.410 e. The zero-order valence-corrected chi connectivity index (χ0v) is 11.8. The van der Waals surface area contributed by atoms with Crippen molar-refractivity contribution in [3.8, 4) is 0 Å². The van der Waals surface area contributed by atoms with Crippen LogP contribution in [0.5, 0.6) is 0 Å². The van der Waals surface area contributed by atoms with E-state index in [9.17, 15) is 9.59 Å². The highest BCUT2D eigenvalue weighted by atomic mass is 16.6. The number of ether oxygens (including phenoxy) is 1. The standard InChI is InChI=1S/C13H23NO4/c1-12(2,3)18-11(17)14-9(8-10(15)16)6-7-13(14,4)5/h9H,6-8H2,1-5H3,(H,15,16). The molecule has 1 atom stereocenters. The van der Waals surface area contributed by atoms with Gasteiger partial charge < -0.3 is 9.84 Å². The van der Waals surface area contributed by atoms with Gasteiger partial charge in [0.2, 0.25) is 0 Å². The second-order valence-corrected chi connectivity index (χ2v) is 6.45. The van der Waals surface area contributed by atoms with E-state index in [1.165, 1.54) is 0 Å². The fraction of sp³-hybridized carbons (Fsp3) is 0.846. The highest BCUT2D eigenvalue weighted by Gasteiger charge is 2.44. The van der Waals surface area contributed by atoms with E-state index in [4.69, 9.17) is 9.84 Å². The topological polar surface area (TPSA) is 66.8 Å². The Kier molecular flexibility index (Phi) is 3.93. The van der Waals surface area contributed by atoms with Crippen LogP contribution < -0.4 is 0 Å². The van der Waals surface area contributed by atoms with E-state index in [1.807, 2.05) is 13.8 Å². The monoisotopic (exact) mass is 257 g/mol. The average molecular weight is 257 g/mol. The number of hydrogen-bond acceptors (Lipinski definition) is 3. The van der Waals surface area contributed by atoms with Gasteiger partial charge >= 0.3 is 12.1 Å². The Bertz CT molecular complexity index is 343. The lowest BCUT2D eigenvalue weighted by Gasteiger charge is -2.36. The first-order chi connectivity index (χ1) is 8.03. The van der Waals surface area contributed by atoms with Gasteiger partial charge in [-0.05, 0) is 47.5 Å². The van der Waals surface area contributed by atoms with Crippen molar-refractivity contribution in [1.29, 1.82) is 0 Å². The second kappa shape index (κ2) is 4.78. The summed E-state index contributed by atoms with van der Waals surface area (Å²) in [5, 5.41) is 8.90. The Morgan fingerprint density at radius 3 is 2.39 bits per heavy atom. The Labute approximate surface area is 108 Å². The Morgan fingerprint density at radius 1 is 1.39 bits per heavy atom. The normalized spacial score (nSPS) is 22.9. The molecule has 104 valence electrons. The maximum atomic E-state index is 12.2. The molecule has 0 aromatic carbocycles. The van der Waals surface area contributed by atoms with Gasteiger partial charge in [-0.15, -0.1) is 0 Å². The van der Waals surface area contributed by atoms with Crippen LogP contribution in [0.15, 0.2) is 0 Å². The van der Waals surface area contributed by atoms with E-state index < -0.39 is 17.7 Å². The van der Waals surface area contributed by atoms with Crippen molar-refractivity contribution in [3.05, 3.63) is 0 Å². The van der Waals surface area contributed by atoms with Crippen molar-refractivity contribution >= 4 is 12.1 Å². The third-order valence-electron chi connectivity index (χ3n) is 3.11. The third-order valence-corrected chi connectivity index (χ3v) is 3.11. The van der Waals surface area contributed by atoms with Crippen LogP contribution in [0.1, 0.15) is 53.9 Å². The number of nitrogens with zero attached hydrogens (tertiary/aromatic N) is 1. The van der Waals surface area contributed by atoms with E-state index in [0.29, 0.717) is 6.42 Å². The van der Waals surface area contributed by atoms with Crippen molar-refractivity contribution in [2.75, 3.05) is 0 Å². The minimum absolute atomic E-state index is 0.0251. The molecule has 0 spiro atoms. The molecule has 1 N–H and O–H groups in total. The van der Waals surface area contributed by atoms with E-state index >= 15 is 0 Å². The molecule has 18 heavy (non-hydrogen) atoms. The zero-order chi connectivity index (χ0) is 14.1. The molecule has 1 aliphatic heterocycles. The summed E-state index contributed by atoms with van der Waals surface area (Å²) in [6.07, 6.45) is 1.06. The van der Waals surface area contributed by atoms with Gasteiger partial charge in [-0.25, -0.2) is 4.79 Å². The maximum Gasteiger partial charge on any atom is 0.410 e. The van der Waals surface area contributed by atoms with Crippen molar-refractivity contribution in [2.24, 2.45) is 0 Å². The minimum Gasteiger partial charge on any atom is -0.481 e. The van der Waals surface area contributed by atoms with Gasteiger partial charge in [0, 0.05) is 11.6 Å². The highest BCUT2D eigenvalue weighted by Crippen LogP contribution is 2.36. The number of aliphatic carboxylic acids is 1. The Morgan fingerprint density at radius 2 is 1.94 bits per heavy atom. The minimum atomic E-state index is -0.883. The number of carboxylic acids is 1. The molecule has 0 aliphatic carbocycles. The second-order valence-electron chi connectivity index (χ2n) is 6.45. The SMILES string of the molecule is CC(C)(C)OC(=O)N1C(CC(=O)O)CCC1(C)C. The molecule has 1 unspecified atom stereocenters. The predicted molar refractivity (Wildman–Crippen MR) is 67.4 cm³/mol. The number of amides is 1. The van der Waals surface area contributed by atoms with Gasteiger partial charge in [-0.2, -0.15) is 0 Å². The summed E-state index contributed by atoms with van der Waals surface area (Å²) in [6.45, 7) is 9.30. The van der Waals surface area contributed by atoms with Crippen molar-refractivity contribution in [1.82, 2.24) is 4.90 Å². The highest BCUT2D eigenvalue weighted by molar-refractivity contribution is 5.73. The van der Waals surface area contributed by atoms with Crippen LogP contribution in [0, 0.1) is 0 Å². The van der Waals surface area contributed by atoms with Crippen LogP contribution >= 0.6 is 0 Å². The summed E-state index contributed by atoms with van der Waals surface area (Å²) in [5.74, 6) is -0.883. The summed E-state index contributed by atoms with van der Waals surface area (Å²) >= 11 is 0. The molecule has 0 radical (unpaired) electrons. The van der Waals surface area contributed by atoms with Crippen LogP contribution in [0.4, 0.5) is 4.79 Å². The van der Waals surface area contributed by atoms with Crippen LogP contribution in [-0.4, -0.2) is 39.3 Å². The fourth-order valence-corrected chi connectivity index (χ4v) is 2.37. The summed E-state index contributed by atoms with van der Waals surface area (Å²) in [5.41, 5.74) is -0.911. The van der Waals surface area contributed by atoms with Crippen LogP contribution in [0.2, 0.25) is 0 Å². The van der Waals surface area contributed by atoms with E-state index in [1.54, 1.807) is 25.7 Å². The van der Waals surface area contributed by atoms with E-state index in [2.05, 4.69) is 0 Å². The molecule has 1 amide bonds. The molecule has 1 heterocycles. The van der Waals surface area contributed by atoms with Crippen LogP contribution in [-0.2, 0) is 9.53 Å². The zero-order valence-electron chi connectivity index (χ0n) is 11.8. The van der Waals surface area contributed by atoms with Crippen LogP contribution in [0.25, 0.3) is 0 Å². The number of carbonyl (C=O) groups is 2. The average Bonchev–Trinajstić information content (AvgIpc) is 2.36. The largest absolute Gasteiger partial charge is 0.481 e. The van der Waals surface area contributed by atoms with Gasteiger partial charge in [0.15, 0.2) is 0 Å². The summed E-state index contributed by atoms with van der Waals surface area (Å²) in [7, 11) is 0. The van der Waals surface area contributed by atoms with Gasteiger partial charge in [-0.3, -0.25) is 9.69 Å². The first-order valence-electron chi connectivity index (χ1n) is 6.27. The molecule has 5 heteroatoms. The molecule has 0 bridgehead atoms. The Balaban J connectivity index is 2.85. The number of hydrogen-bond donors (Lipinski definition) is 1. The van der Waals surface area contributed by atoms with Gasteiger partial charge in [0.05, 0.1) is 6.42 Å². The van der Waals surface area contributed by atoms with E-state index in [-0.39, 0.29) is 18.0 Å². The van der Waals surface area contributed by atoms with Gasteiger partial charge in [0.1, 0.15) is 5.60 Å². The van der Waals surface area contributed by atoms with Crippen molar-refractivity contribution in [3.63, 3.8) is 0 Å². The molecule has 1 fully saturated rings. The van der Waals surface area contributed by atoms with Crippen molar-refractivity contribution in [2.45, 2.75) is 71.1 Å². The lowest BCUT2D eigenvalue weighted by Crippen LogP contribution is -2.49. The molecular weight excluding hydrogens is 234 g/mol. The molecule has 0 saturated carbocycles. The van der Waals surface area contributed by atoms with Crippen LogP contribution in [0.3, 0.4) is 0 Å². The number of carbonyl (C=O) groups excluding carboxylic acids is 1. The fourth-order valence-electron chi connectivity index (χ4n) is 2.37. The first kappa shape index (κ1) is 14.8. The van der Waals surface area contributed by atoms with E-state index in [0.717, 1.165) is 6.42 Å². The number of rotatable bonds is 2. The van der Waals surface area contributed by atoms with Crippen molar-refractivity contribution < 1.29 is 19.4 Å². The lowest BCUT2D eigenvalue weighted by atomic mass is 10.0. The summed E-state index contributed by atoms with van der Waals surface area (Å²) < 4.78 is 5.36. The summed E-state index contributed by atoms with van der Waals surface area (Å²) in [4.78, 5) is 24.6. The number of carboxylic acid groups (broad SMARTS) is 1. The number of likely N-dealkylation sites (tertiary alicyclic amines) is 1. The molecular formula is C13H23NO4. The Hall–Kier alpha value is -1.26. The maximum absolute atomic E-state index is 12.2. The quantitative estimate of drug-likeness (QED) is 0.825. The third kappa shape index (κ3) is 3.62. The lowest BCUT2D eigenvalue weighted by molar-refractivity contribution is -0.138.